The van der Waals surface area contributed by atoms with Gasteiger partial charge >= 0.3 is 0 Å². The summed E-state index contributed by atoms with van der Waals surface area (Å²) in [5, 5.41) is 8.06. The summed E-state index contributed by atoms with van der Waals surface area (Å²) in [7, 11) is 1.70. The van der Waals surface area contributed by atoms with Gasteiger partial charge in [-0.2, -0.15) is 5.10 Å². The lowest BCUT2D eigenvalue weighted by atomic mass is 10.1. The number of ether oxygens (including phenoxy) is 1. The second-order valence-electron chi connectivity index (χ2n) is 6.07. The summed E-state index contributed by atoms with van der Waals surface area (Å²) in [6.07, 6.45) is 1.86. The first-order chi connectivity index (χ1) is 10.7. The molecule has 0 amide bonds. The first-order valence-electron chi connectivity index (χ1n) is 7.82. The third-order valence-electron chi connectivity index (χ3n) is 4.05. The molecule has 2 atom stereocenters. The minimum absolute atomic E-state index is 0. The lowest BCUT2D eigenvalue weighted by Gasteiger charge is -2.36. The Morgan fingerprint density at radius 3 is 2.57 bits per heavy atom. The summed E-state index contributed by atoms with van der Waals surface area (Å²) in [4.78, 5) is 2.48. The zero-order valence-electron chi connectivity index (χ0n) is 13.9. The van der Waals surface area contributed by atoms with Crippen LogP contribution in [0.2, 0.25) is 0 Å². The summed E-state index contributed by atoms with van der Waals surface area (Å²) < 4.78 is 7.45. The van der Waals surface area contributed by atoms with Crippen LogP contribution in [0.25, 0.3) is 5.69 Å². The monoisotopic (exact) mass is 336 g/mol. The van der Waals surface area contributed by atoms with Crippen LogP contribution in [0, 0.1) is 0 Å². The molecule has 6 heteroatoms. The number of nitrogens with one attached hydrogen (secondary N) is 1. The van der Waals surface area contributed by atoms with E-state index in [2.05, 4.69) is 35.2 Å². The molecule has 2 unspecified atom stereocenters. The number of piperazine rings is 1. The fraction of sp³-hybridized carbons (Fsp3) is 0.471. The minimum atomic E-state index is 0. The molecule has 0 radical (unpaired) electrons. The lowest BCUT2D eigenvalue weighted by molar-refractivity contribution is 0.164. The molecule has 1 aromatic heterocycles. The van der Waals surface area contributed by atoms with Crippen molar-refractivity contribution >= 4 is 12.4 Å². The highest BCUT2D eigenvalue weighted by molar-refractivity contribution is 5.85. The van der Waals surface area contributed by atoms with Crippen molar-refractivity contribution in [3.8, 4) is 11.4 Å². The van der Waals surface area contributed by atoms with Gasteiger partial charge in [-0.3, -0.25) is 4.90 Å². The number of hydrogen-bond donors (Lipinski definition) is 1. The topological polar surface area (TPSA) is 42.3 Å². The van der Waals surface area contributed by atoms with Crippen LogP contribution < -0.4 is 10.1 Å². The Kier molecular flexibility index (Phi) is 6.04. The van der Waals surface area contributed by atoms with Crippen LogP contribution in [0.4, 0.5) is 0 Å². The van der Waals surface area contributed by atoms with Crippen molar-refractivity contribution in [2.45, 2.75) is 32.5 Å². The molecule has 0 spiro atoms. The normalized spacial score (nSPS) is 21.7. The molecule has 2 aromatic rings. The van der Waals surface area contributed by atoms with Gasteiger partial charge < -0.3 is 10.1 Å². The summed E-state index contributed by atoms with van der Waals surface area (Å²) in [5.41, 5.74) is 2.17. The van der Waals surface area contributed by atoms with E-state index < -0.39 is 0 Å². The molecule has 1 fully saturated rings. The van der Waals surface area contributed by atoms with Crippen LogP contribution in [0.3, 0.4) is 0 Å². The van der Waals surface area contributed by atoms with Gasteiger partial charge in [-0.1, -0.05) is 12.1 Å². The molecule has 23 heavy (non-hydrogen) atoms. The van der Waals surface area contributed by atoms with E-state index in [9.17, 15) is 0 Å². The van der Waals surface area contributed by atoms with Crippen LogP contribution in [0.15, 0.2) is 36.5 Å². The highest BCUT2D eigenvalue weighted by atomic mass is 35.5. The van der Waals surface area contributed by atoms with E-state index >= 15 is 0 Å². The second-order valence-corrected chi connectivity index (χ2v) is 6.07. The Morgan fingerprint density at radius 2 is 1.87 bits per heavy atom. The van der Waals surface area contributed by atoms with Gasteiger partial charge in [0.05, 0.1) is 12.8 Å². The van der Waals surface area contributed by atoms with Gasteiger partial charge in [-0.25, -0.2) is 4.68 Å². The predicted octanol–water partition coefficient (Wildman–Crippen LogP) is 2.48. The molecule has 3 rings (SSSR count). The maximum absolute atomic E-state index is 5.46. The minimum Gasteiger partial charge on any atom is -0.494 e. The second kappa shape index (κ2) is 7.81. The molecule has 1 aromatic carbocycles. The maximum Gasteiger partial charge on any atom is 0.144 e. The fourth-order valence-electron chi connectivity index (χ4n) is 3.27. The standard InChI is InChI=1S/C17H24N4O.ClH/c1-13-10-20(11-14(2)19-13)12-15-8-9-18-21(15)16-6-4-5-7-17(16)22-3;/h4-9,13-14,19H,10-12H2,1-3H3;1H. The third kappa shape index (κ3) is 4.05. The molecular formula is C17H25ClN4O. The van der Waals surface area contributed by atoms with Gasteiger partial charge in [0.1, 0.15) is 11.4 Å². The van der Waals surface area contributed by atoms with Gasteiger partial charge in [-0.05, 0) is 32.0 Å². The molecule has 1 aliphatic rings. The highest BCUT2D eigenvalue weighted by Gasteiger charge is 2.22. The van der Waals surface area contributed by atoms with Gasteiger partial charge in [0.15, 0.2) is 0 Å². The molecule has 126 valence electrons. The SMILES string of the molecule is COc1ccccc1-n1nccc1CN1CC(C)NC(C)C1.Cl. The largest absolute Gasteiger partial charge is 0.494 e. The fourth-order valence-corrected chi connectivity index (χ4v) is 3.27. The van der Waals surface area contributed by atoms with Crippen molar-refractivity contribution in [2.75, 3.05) is 20.2 Å². The van der Waals surface area contributed by atoms with Crippen molar-refractivity contribution < 1.29 is 4.74 Å². The lowest BCUT2D eigenvalue weighted by Crippen LogP contribution is -2.53. The number of aromatic nitrogens is 2. The molecule has 1 N–H and O–H groups in total. The average molecular weight is 337 g/mol. The smallest absolute Gasteiger partial charge is 0.144 e. The van der Waals surface area contributed by atoms with Crippen LogP contribution in [-0.2, 0) is 6.54 Å². The number of rotatable bonds is 4. The van der Waals surface area contributed by atoms with Gasteiger partial charge in [0, 0.05) is 37.9 Å². The number of benzene rings is 1. The Bertz CT molecular complexity index is 621. The molecule has 0 saturated carbocycles. The van der Waals surface area contributed by atoms with Gasteiger partial charge in [0.2, 0.25) is 0 Å². The Balaban J connectivity index is 0.00000192. The summed E-state index contributed by atoms with van der Waals surface area (Å²) >= 11 is 0. The number of hydrogen-bond acceptors (Lipinski definition) is 4. The molecule has 1 aliphatic heterocycles. The molecule has 0 aliphatic carbocycles. The van der Waals surface area contributed by atoms with E-state index in [4.69, 9.17) is 4.74 Å². The Morgan fingerprint density at radius 1 is 1.17 bits per heavy atom. The molecule has 5 nitrogen and oxygen atoms in total. The first-order valence-corrected chi connectivity index (χ1v) is 7.82. The van der Waals surface area contributed by atoms with Crippen LogP contribution in [-0.4, -0.2) is 47.0 Å². The Hall–Kier alpha value is -1.56. The van der Waals surface area contributed by atoms with Crippen molar-refractivity contribution in [2.24, 2.45) is 0 Å². The molecule has 0 bridgehead atoms. The van der Waals surface area contributed by atoms with E-state index in [1.165, 1.54) is 5.69 Å². The first kappa shape index (κ1) is 17.8. The molecule has 1 saturated heterocycles. The van der Waals surface area contributed by atoms with Gasteiger partial charge in [-0.15, -0.1) is 12.4 Å². The van der Waals surface area contributed by atoms with E-state index in [1.54, 1.807) is 7.11 Å². The van der Waals surface area contributed by atoms with Crippen LogP contribution in [0.5, 0.6) is 5.75 Å². The van der Waals surface area contributed by atoms with Crippen LogP contribution in [0.1, 0.15) is 19.5 Å². The van der Waals surface area contributed by atoms with E-state index in [1.807, 2.05) is 35.1 Å². The number of nitrogens with zero attached hydrogens (tertiary/aromatic N) is 3. The molecule has 2 heterocycles. The summed E-state index contributed by atoms with van der Waals surface area (Å²) in [6.45, 7) is 7.48. The van der Waals surface area contributed by atoms with E-state index in [0.29, 0.717) is 12.1 Å². The number of halogens is 1. The Labute approximate surface area is 144 Å². The highest BCUT2D eigenvalue weighted by Crippen LogP contribution is 2.23. The summed E-state index contributed by atoms with van der Waals surface area (Å²) in [6, 6.07) is 11.1. The van der Waals surface area contributed by atoms with E-state index in [0.717, 1.165) is 31.1 Å². The van der Waals surface area contributed by atoms with Crippen molar-refractivity contribution in [1.82, 2.24) is 20.0 Å². The summed E-state index contributed by atoms with van der Waals surface area (Å²) in [5.74, 6) is 0.842. The number of para-hydroxylation sites is 2. The quantitative estimate of drug-likeness (QED) is 0.931. The van der Waals surface area contributed by atoms with Crippen molar-refractivity contribution in [3.63, 3.8) is 0 Å². The predicted molar refractivity (Wildman–Crippen MR) is 94.7 cm³/mol. The van der Waals surface area contributed by atoms with Gasteiger partial charge in [0.25, 0.3) is 0 Å². The average Bonchev–Trinajstić information content (AvgIpc) is 2.94. The van der Waals surface area contributed by atoms with E-state index in [-0.39, 0.29) is 12.4 Å². The van der Waals surface area contributed by atoms with Crippen LogP contribution >= 0.6 is 12.4 Å². The number of methoxy groups -OCH3 is 1. The maximum atomic E-state index is 5.46. The third-order valence-corrected chi connectivity index (χ3v) is 4.05. The zero-order valence-corrected chi connectivity index (χ0v) is 14.7. The van der Waals surface area contributed by atoms with Crippen molar-refractivity contribution in [3.05, 3.63) is 42.2 Å². The molecular weight excluding hydrogens is 312 g/mol. The van der Waals surface area contributed by atoms with Crippen molar-refractivity contribution in [1.29, 1.82) is 0 Å². The zero-order chi connectivity index (χ0) is 15.5.